The third kappa shape index (κ3) is 2.00. The fourth-order valence-corrected chi connectivity index (χ4v) is 5.05. The quantitative estimate of drug-likeness (QED) is 0.561. The van der Waals surface area contributed by atoms with E-state index >= 15 is 0 Å². The first-order chi connectivity index (χ1) is 8.61. The van der Waals surface area contributed by atoms with Crippen LogP contribution in [0, 0.1) is 29.1 Å². The van der Waals surface area contributed by atoms with E-state index in [9.17, 15) is 4.79 Å². The Bertz CT molecular complexity index is 342. The van der Waals surface area contributed by atoms with Crippen molar-refractivity contribution in [2.75, 3.05) is 6.61 Å². The minimum Gasteiger partial charge on any atom is -0.463 e. The number of fused-ring (bicyclic) bond motifs is 5. The van der Waals surface area contributed by atoms with Gasteiger partial charge in [0.2, 0.25) is 0 Å². The summed E-state index contributed by atoms with van der Waals surface area (Å²) in [5, 5.41) is 0. The molecule has 0 amide bonds. The van der Waals surface area contributed by atoms with Crippen LogP contribution >= 0.6 is 0 Å². The van der Waals surface area contributed by atoms with Crippen LogP contribution in [-0.2, 0) is 9.53 Å². The second kappa shape index (κ2) is 4.40. The van der Waals surface area contributed by atoms with Crippen LogP contribution in [0.3, 0.4) is 0 Å². The zero-order chi connectivity index (χ0) is 12.8. The van der Waals surface area contributed by atoms with E-state index in [0.717, 1.165) is 30.1 Å². The lowest BCUT2D eigenvalue weighted by molar-refractivity contribution is -0.138. The molecule has 2 heteroatoms. The summed E-state index contributed by atoms with van der Waals surface area (Å²) in [7, 11) is 0. The molecule has 0 aromatic rings. The molecule has 0 spiro atoms. The molecule has 3 fully saturated rings. The molecule has 2 bridgehead atoms. The highest BCUT2D eigenvalue weighted by Gasteiger charge is 2.54. The van der Waals surface area contributed by atoms with Crippen molar-refractivity contribution in [3.8, 4) is 0 Å². The summed E-state index contributed by atoms with van der Waals surface area (Å²) in [5.41, 5.74) is 0.415. The van der Waals surface area contributed by atoms with Gasteiger partial charge in [0.15, 0.2) is 0 Å². The summed E-state index contributed by atoms with van der Waals surface area (Å²) in [4.78, 5) is 11.1. The van der Waals surface area contributed by atoms with E-state index in [1.54, 1.807) is 0 Å². The van der Waals surface area contributed by atoms with Crippen LogP contribution in [0.15, 0.2) is 12.7 Å². The molecule has 0 N–H and O–H groups in total. The SMILES string of the molecule is C=CC(=O)OCCC1(C)CC2C3CCC(C3)C2C1. The molecule has 0 radical (unpaired) electrons. The Morgan fingerprint density at radius 2 is 1.94 bits per heavy atom. The first-order valence-corrected chi connectivity index (χ1v) is 7.40. The highest BCUT2D eigenvalue weighted by Crippen LogP contribution is 2.63. The molecule has 3 aliphatic carbocycles. The van der Waals surface area contributed by atoms with Gasteiger partial charge in [-0.05, 0) is 67.6 Å². The summed E-state index contributed by atoms with van der Waals surface area (Å²) in [6.45, 7) is 6.39. The van der Waals surface area contributed by atoms with E-state index < -0.39 is 0 Å². The van der Waals surface area contributed by atoms with Crippen LogP contribution < -0.4 is 0 Å². The van der Waals surface area contributed by atoms with Gasteiger partial charge < -0.3 is 4.74 Å². The van der Waals surface area contributed by atoms with Crippen LogP contribution in [0.25, 0.3) is 0 Å². The largest absolute Gasteiger partial charge is 0.463 e. The fourth-order valence-electron chi connectivity index (χ4n) is 5.05. The van der Waals surface area contributed by atoms with Gasteiger partial charge in [0.25, 0.3) is 0 Å². The summed E-state index contributed by atoms with van der Waals surface area (Å²) < 4.78 is 5.15. The fraction of sp³-hybridized carbons (Fsp3) is 0.812. The van der Waals surface area contributed by atoms with Crippen molar-refractivity contribution < 1.29 is 9.53 Å². The molecule has 0 aromatic carbocycles. The van der Waals surface area contributed by atoms with E-state index in [1.165, 1.54) is 38.2 Å². The Kier molecular flexibility index (Phi) is 2.99. The number of esters is 1. The van der Waals surface area contributed by atoms with E-state index in [0.29, 0.717) is 12.0 Å². The summed E-state index contributed by atoms with van der Waals surface area (Å²) in [6, 6.07) is 0. The van der Waals surface area contributed by atoms with Crippen LogP contribution in [0.4, 0.5) is 0 Å². The average Bonchev–Trinajstić information content (AvgIpc) is 2.99. The third-order valence-corrected chi connectivity index (χ3v) is 5.85. The maximum absolute atomic E-state index is 11.1. The van der Waals surface area contributed by atoms with Crippen LogP contribution in [0.1, 0.15) is 45.4 Å². The first-order valence-electron chi connectivity index (χ1n) is 7.40. The van der Waals surface area contributed by atoms with Gasteiger partial charge in [0.05, 0.1) is 6.61 Å². The molecule has 18 heavy (non-hydrogen) atoms. The van der Waals surface area contributed by atoms with E-state index in [2.05, 4.69) is 13.5 Å². The monoisotopic (exact) mass is 248 g/mol. The highest BCUT2D eigenvalue weighted by atomic mass is 16.5. The second-order valence-electron chi connectivity index (χ2n) is 7.00. The van der Waals surface area contributed by atoms with Crippen molar-refractivity contribution in [3.05, 3.63) is 12.7 Å². The standard InChI is InChI=1S/C16H24O2/c1-3-15(17)18-7-6-16(2)9-13-11-4-5-12(8-11)14(13)10-16/h3,11-14H,1,4-10H2,2H3. The lowest BCUT2D eigenvalue weighted by Crippen LogP contribution is -2.18. The van der Waals surface area contributed by atoms with Gasteiger partial charge in [-0.2, -0.15) is 0 Å². The minimum absolute atomic E-state index is 0.281. The summed E-state index contributed by atoms with van der Waals surface area (Å²) in [6.07, 6.45) is 9.48. The normalized spacial score (nSPS) is 44.9. The Morgan fingerprint density at radius 3 is 2.50 bits per heavy atom. The van der Waals surface area contributed by atoms with Crippen molar-refractivity contribution in [2.45, 2.75) is 45.4 Å². The molecule has 0 saturated heterocycles. The number of carbonyl (C=O) groups excluding carboxylic acids is 1. The first kappa shape index (κ1) is 12.3. The molecule has 0 aromatic heterocycles. The highest BCUT2D eigenvalue weighted by molar-refractivity contribution is 5.81. The topological polar surface area (TPSA) is 26.3 Å². The molecule has 0 aliphatic heterocycles. The second-order valence-corrected chi connectivity index (χ2v) is 7.00. The van der Waals surface area contributed by atoms with Crippen LogP contribution in [0.2, 0.25) is 0 Å². The zero-order valence-electron chi connectivity index (χ0n) is 11.4. The summed E-state index contributed by atoms with van der Waals surface area (Å²) in [5.74, 6) is 3.75. The van der Waals surface area contributed by atoms with Crippen LogP contribution in [0.5, 0.6) is 0 Å². The molecule has 4 unspecified atom stereocenters. The van der Waals surface area contributed by atoms with E-state index in [1.807, 2.05) is 0 Å². The van der Waals surface area contributed by atoms with Crippen molar-refractivity contribution in [2.24, 2.45) is 29.1 Å². The van der Waals surface area contributed by atoms with Crippen LogP contribution in [-0.4, -0.2) is 12.6 Å². The predicted molar refractivity (Wildman–Crippen MR) is 70.9 cm³/mol. The molecule has 3 saturated carbocycles. The molecule has 0 heterocycles. The van der Waals surface area contributed by atoms with Gasteiger partial charge in [0.1, 0.15) is 0 Å². The van der Waals surface area contributed by atoms with Gasteiger partial charge in [-0.3, -0.25) is 0 Å². The van der Waals surface area contributed by atoms with Gasteiger partial charge in [0, 0.05) is 6.08 Å². The van der Waals surface area contributed by atoms with E-state index in [4.69, 9.17) is 4.74 Å². The Balaban J connectivity index is 1.54. The third-order valence-electron chi connectivity index (χ3n) is 5.85. The number of hydrogen-bond acceptors (Lipinski definition) is 2. The maximum Gasteiger partial charge on any atom is 0.330 e. The Hall–Kier alpha value is -0.790. The van der Waals surface area contributed by atoms with Crippen molar-refractivity contribution in [1.29, 1.82) is 0 Å². The molecular formula is C16H24O2. The molecular weight excluding hydrogens is 224 g/mol. The number of ether oxygens (including phenoxy) is 1. The Morgan fingerprint density at radius 1 is 1.33 bits per heavy atom. The zero-order valence-corrected chi connectivity index (χ0v) is 11.4. The number of hydrogen-bond donors (Lipinski definition) is 0. The molecule has 4 atom stereocenters. The van der Waals surface area contributed by atoms with Gasteiger partial charge in [-0.15, -0.1) is 0 Å². The number of rotatable bonds is 4. The minimum atomic E-state index is -0.281. The lowest BCUT2D eigenvalue weighted by Gasteiger charge is -2.25. The van der Waals surface area contributed by atoms with Gasteiger partial charge >= 0.3 is 5.97 Å². The summed E-state index contributed by atoms with van der Waals surface area (Å²) >= 11 is 0. The Labute approximate surface area is 110 Å². The lowest BCUT2D eigenvalue weighted by atomic mass is 9.82. The maximum atomic E-state index is 11.1. The van der Waals surface area contributed by atoms with Gasteiger partial charge in [-0.25, -0.2) is 4.79 Å². The molecule has 3 aliphatic rings. The average molecular weight is 248 g/mol. The predicted octanol–water partition coefficient (Wildman–Crippen LogP) is 3.57. The van der Waals surface area contributed by atoms with Gasteiger partial charge in [-0.1, -0.05) is 13.5 Å². The molecule has 3 rings (SSSR count). The molecule has 100 valence electrons. The van der Waals surface area contributed by atoms with E-state index in [-0.39, 0.29) is 5.97 Å². The van der Waals surface area contributed by atoms with Crippen molar-refractivity contribution in [3.63, 3.8) is 0 Å². The van der Waals surface area contributed by atoms with Crippen molar-refractivity contribution in [1.82, 2.24) is 0 Å². The van der Waals surface area contributed by atoms with Crippen molar-refractivity contribution >= 4 is 5.97 Å². The smallest absolute Gasteiger partial charge is 0.330 e. The number of carbonyl (C=O) groups is 1. The molecule has 2 nitrogen and oxygen atoms in total.